The summed E-state index contributed by atoms with van der Waals surface area (Å²) in [6.07, 6.45) is -2.80. The van der Waals surface area contributed by atoms with E-state index in [0.717, 1.165) is 17.0 Å². The van der Waals surface area contributed by atoms with Gasteiger partial charge in [-0.05, 0) is 23.6 Å². The lowest BCUT2D eigenvalue weighted by atomic mass is 9.79. The molecule has 1 saturated carbocycles. The third kappa shape index (κ3) is 6.45. The molecule has 2 fully saturated rings. The van der Waals surface area contributed by atoms with Crippen molar-refractivity contribution in [3.8, 4) is 0 Å². The van der Waals surface area contributed by atoms with Crippen molar-refractivity contribution < 1.29 is 41.8 Å². The summed E-state index contributed by atoms with van der Waals surface area (Å²) in [5.41, 5.74) is -1.43. The zero-order valence-electron chi connectivity index (χ0n) is 22.8. The molecular formula is C28H29ClF4N4O5. The van der Waals surface area contributed by atoms with Gasteiger partial charge in [-0.25, -0.2) is 22.4 Å². The van der Waals surface area contributed by atoms with Crippen LogP contribution in [0.25, 0.3) is 0 Å². The van der Waals surface area contributed by atoms with E-state index in [2.05, 4.69) is 10.6 Å². The number of alkyl halides is 2. The van der Waals surface area contributed by atoms with Gasteiger partial charge in [-0.2, -0.15) is 0 Å². The number of nitrogens with zero attached hydrogens (tertiary/aromatic N) is 2. The molecule has 2 aliphatic rings. The van der Waals surface area contributed by atoms with Crippen LogP contribution in [-0.2, 0) is 14.4 Å². The summed E-state index contributed by atoms with van der Waals surface area (Å²) in [4.78, 5) is 54.6. The Bertz CT molecular complexity index is 1390. The van der Waals surface area contributed by atoms with E-state index in [1.54, 1.807) is 20.8 Å². The quantitative estimate of drug-likeness (QED) is 0.415. The number of hydrogen-bond donors (Lipinski definition) is 3. The molecule has 42 heavy (non-hydrogen) atoms. The third-order valence-electron chi connectivity index (χ3n) is 7.19. The van der Waals surface area contributed by atoms with E-state index < -0.39 is 96.0 Å². The number of hydrogen-bond acceptors (Lipinski definition) is 4. The fourth-order valence-electron chi connectivity index (χ4n) is 5.45. The summed E-state index contributed by atoms with van der Waals surface area (Å²) >= 11 is 6.42. The molecular weight excluding hydrogens is 584 g/mol. The second-order valence-electron chi connectivity index (χ2n) is 11.5. The van der Waals surface area contributed by atoms with Crippen molar-refractivity contribution >= 4 is 41.1 Å². The normalized spacial score (nSPS) is 21.1. The van der Waals surface area contributed by atoms with E-state index in [0.29, 0.717) is 11.0 Å². The molecule has 4 rings (SSSR count). The number of carbonyl (C=O) groups excluding carboxylic acids is 3. The van der Waals surface area contributed by atoms with Crippen molar-refractivity contribution in [3.63, 3.8) is 0 Å². The van der Waals surface area contributed by atoms with Crippen molar-refractivity contribution in [2.45, 2.75) is 63.7 Å². The topological polar surface area (TPSA) is 119 Å². The molecule has 0 bridgehead atoms. The largest absolute Gasteiger partial charge is 0.465 e. The Hall–Kier alpha value is -3.87. The van der Waals surface area contributed by atoms with E-state index >= 15 is 0 Å². The first-order chi connectivity index (χ1) is 19.5. The summed E-state index contributed by atoms with van der Waals surface area (Å²) < 4.78 is 56.3. The highest BCUT2D eigenvalue weighted by molar-refractivity contribution is 6.31. The maximum absolute atomic E-state index is 14.6. The van der Waals surface area contributed by atoms with E-state index in [-0.39, 0.29) is 10.6 Å². The Morgan fingerprint density at radius 1 is 1.12 bits per heavy atom. The molecule has 3 atom stereocenters. The van der Waals surface area contributed by atoms with Gasteiger partial charge in [-0.3, -0.25) is 24.2 Å². The van der Waals surface area contributed by atoms with Crippen LogP contribution in [0, 0.1) is 17.0 Å². The number of nitrogens with one attached hydrogen (secondary N) is 2. The molecule has 2 aromatic carbocycles. The molecule has 1 saturated heterocycles. The second kappa shape index (κ2) is 11.4. The number of carbonyl (C=O) groups is 4. The highest BCUT2D eigenvalue weighted by Gasteiger charge is 2.51. The van der Waals surface area contributed by atoms with Crippen LogP contribution in [0.3, 0.4) is 0 Å². The average molecular weight is 613 g/mol. The molecule has 0 radical (unpaired) electrons. The Morgan fingerprint density at radius 3 is 2.24 bits per heavy atom. The molecule has 226 valence electrons. The van der Waals surface area contributed by atoms with Gasteiger partial charge in [0.25, 0.3) is 11.8 Å². The minimum absolute atomic E-state index is 0.00898. The highest BCUT2D eigenvalue weighted by atomic mass is 35.5. The number of amides is 4. The zero-order chi connectivity index (χ0) is 31.1. The summed E-state index contributed by atoms with van der Waals surface area (Å²) in [7, 11) is 0. The molecule has 0 aromatic heterocycles. The van der Waals surface area contributed by atoms with Crippen LogP contribution in [0.15, 0.2) is 42.5 Å². The number of piperazine rings is 1. The number of anilines is 1. The van der Waals surface area contributed by atoms with Crippen LogP contribution in [0.4, 0.5) is 28.0 Å². The molecule has 1 heterocycles. The molecule has 14 heteroatoms. The maximum Gasteiger partial charge on any atom is 0.408 e. The number of rotatable bonds is 6. The molecule has 9 nitrogen and oxygen atoms in total. The van der Waals surface area contributed by atoms with Gasteiger partial charge in [0.05, 0.1) is 11.7 Å². The fourth-order valence-corrected chi connectivity index (χ4v) is 5.69. The second-order valence-corrected chi connectivity index (χ2v) is 11.9. The Labute approximate surface area is 243 Å². The summed E-state index contributed by atoms with van der Waals surface area (Å²) in [6.45, 7) is 4.31. The van der Waals surface area contributed by atoms with Gasteiger partial charge in [-0.15, -0.1) is 0 Å². The number of carboxylic acid groups (broad SMARTS) is 1. The van der Waals surface area contributed by atoms with Gasteiger partial charge in [-0.1, -0.05) is 50.6 Å². The molecule has 0 spiro atoms. The lowest BCUT2D eigenvalue weighted by Gasteiger charge is -2.47. The first kappa shape index (κ1) is 31.1. The summed E-state index contributed by atoms with van der Waals surface area (Å²) in [5.74, 6) is -8.09. The van der Waals surface area contributed by atoms with Gasteiger partial charge < -0.3 is 15.7 Å². The van der Waals surface area contributed by atoms with Crippen LogP contribution >= 0.6 is 11.6 Å². The van der Waals surface area contributed by atoms with Crippen molar-refractivity contribution in [1.82, 2.24) is 15.5 Å². The average Bonchev–Trinajstić information content (AvgIpc) is 2.84. The van der Waals surface area contributed by atoms with Gasteiger partial charge in [0.1, 0.15) is 30.3 Å². The first-order valence-electron chi connectivity index (χ1n) is 13.0. The van der Waals surface area contributed by atoms with Crippen molar-refractivity contribution in [2.24, 2.45) is 5.41 Å². The van der Waals surface area contributed by atoms with Crippen LogP contribution in [0.2, 0.25) is 5.02 Å². The lowest BCUT2D eigenvalue weighted by Crippen LogP contribution is -2.70. The monoisotopic (exact) mass is 612 g/mol. The lowest BCUT2D eigenvalue weighted by molar-refractivity contribution is -0.138. The summed E-state index contributed by atoms with van der Waals surface area (Å²) in [5, 5.41) is 14.8. The van der Waals surface area contributed by atoms with E-state index in [1.807, 2.05) is 0 Å². The van der Waals surface area contributed by atoms with Crippen LogP contribution in [0.1, 0.15) is 45.2 Å². The first-order valence-corrected chi connectivity index (χ1v) is 13.4. The molecule has 3 N–H and O–H groups in total. The van der Waals surface area contributed by atoms with Gasteiger partial charge in [0.15, 0.2) is 0 Å². The fraction of sp³-hybridized carbons (Fsp3) is 0.429. The maximum atomic E-state index is 14.6. The van der Waals surface area contributed by atoms with Crippen molar-refractivity contribution in [1.29, 1.82) is 0 Å². The molecule has 4 amide bonds. The summed E-state index contributed by atoms with van der Waals surface area (Å²) in [6, 6.07) is 2.35. The van der Waals surface area contributed by atoms with E-state index in [9.17, 15) is 41.8 Å². The van der Waals surface area contributed by atoms with Crippen LogP contribution in [-0.4, -0.2) is 64.4 Å². The van der Waals surface area contributed by atoms with Gasteiger partial charge in [0, 0.05) is 35.5 Å². The zero-order valence-corrected chi connectivity index (χ0v) is 23.6. The molecule has 1 aliphatic heterocycles. The van der Waals surface area contributed by atoms with Crippen molar-refractivity contribution in [3.05, 3.63) is 64.7 Å². The Morgan fingerprint density at radius 2 is 1.71 bits per heavy atom. The van der Waals surface area contributed by atoms with Crippen LogP contribution < -0.4 is 15.5 Å². The van der Waals surface area contributed by atoms with Gasteiger partial charge >= 0.3 is 6.09 Å². The highest BCUT2D eigenvalue weighted by Crippen LogP contribution is 2.40. The minimum atomic E-state index is -2.99. The van der Waals surface area contributed by atoms with E-state index in [1.165, 1.54) is 24.3 Å². The Kier molecular flexibility index (Phi) is 8.45. The molecule has 2 aromatic rings. The van der Waals surface area contributed by atoms with Crippen molar-refractivity contribution in [2.75, 3.05) is 11.4 Å². The number of benzene rings is 2. The molecule has 2 unspecified atom stereocenters. The van der Waals surface area contributed by atoms with Gasteiger partial charge in [0.2, 0.25) is 11.8 Å². The van der Waals surface area contributed by atoms with Crippen LogP contribution in [0.5, 0.6) is 0 Å². The predicted octanol–water partition coefficient (Wildman–Crippen LogP) is 4.50. The van der Waals surface area contributed by atoms with E-state index in [4.69, 9.17) is 11.6 Å². The predicted molar refractivity (Wildman–Crippen MR) is 144 cm³/mol. The third-order valence-corrected chi connectivity index (χ3v) is 7.53. The standard InChI is InChI=1S/C28H29ClF4N4O5/c1-27(2,3)23-21(35-20(38)13-36(23)26(41)42)25(40)37(17-9-14(30)8-15(31)10-17)22(18-6-4-5-7-19(18)29)24(39)34-16-11-28(32,33)12-16/h4-10,16,21-23H,11-13H2,1-3H3,(H,34,39)(H,35,38)(H,41,42)/t21-,22?,23?/m0/s1. The molecule has 1 aliphatic carbocycles. The SMILES string of the molecule is CC(C)(C)C1[C@@H](C(=O)N(c2cc(F)cc(F)c2)C(C(=O)NC2CC(F)(F)C2)c2ccccc2Cl)NC(=O)CN1C(=O)O. The Balaban J connectivity index is 1.90. The smallest absolute Gasteiger partial charge is 0.408 e. The minimum Gasteiger partial charge on any atom is -0.465 e. The number of halogens is 5.